The van der Waals surface area contributed by atoms with Crippen molar-refractivity contribution in [2.24, 2.45) is 10.9 Å². The van der Waals surface area contributed by atoms with E-state index in [4.69, 9.17) is 9.73 Å². The number of halogens is 1. The molecule has 3 rings (SSSR count). The molecule has 6 nitrogen and oxygen atoms in total. The van der Waals surface area contributed by atoms with E-state index in [1.165, 1.54) is 31.4 Å². The summed E-state index contributed by atoms with van der Waals surface area (Å²) in [6.07, 6.45) is 5.40. The molecule has 7 heteroatoms. The molecule has 2 aliphatic rings. The lowest BCUT2D eigenvalue weighted by molar-refractivity contribution is 0.150. The number of guanidine groups is 1. The van der Waals surface area contributed by atoms with Crippen molar-refractivity contribution in [3.8, 4) is 0 Å². The van der Waals surface area contributed by atoms with Gasteiger partial charge in [-0.1, -0.05) is 6.07 Å². The molecule has 2 fully saturated rings. The van der Waals surface area contributed by atoms with Crippen LogP contribution in [0.5, 0.6) is 0 Å². The first kappa shape index (κ1) is 22.4. The molecule has 152 valence electrons. The lowest BCUT2D eigenvalue weighted by Crippen LogP contribution is -2.49. The minimum atomic E-state index is 0. The molecule has 2 N–H and O–H groups in total. The second-order valence-corrected chi connectivity index (χ2v) is 7.41. The Hall–Kier alpha value is -0.930. The van der Waals surface area contributed by atoms with Crippen LogP contribution in [0.3, 0.4) is 0 Å². The van der Waals surface area contributed by atoms with E-state index < -0.39 is 0 Å². The third-order valence-corrected chi connectivity index (χ3v) is 5.32. The van der Waals surface area contributed by atoms with E-state index >= 15 is 0 Å². The number of piperidine rings is 1. The number of hydrogen-bond acceptors (Lipinski definition) is 4. The normalized spacial score (nSPS) is 21.7. The topological polar surface area (TPSA) is 61.8 Å². The van der Waals surface area contributed by atoms with Gasteiger partial charge in [0.05, 0.1) is 18.8 Å². The van der Waals surface area contributed by atoms with E-state index in [0.29, 0.717) is 12.6 Å². The van der Waals surface area contributed by atoms with Crippen LogP contribution >= 0.6 is 24.0 Å². The lowest BCUT2D eigenvalue weighted by Gasteiger charge is -2.34. The Balaban J connectivity index is 0.00000261. The summed E-state index contributed by atoms with van der Waals surface area (Å²) < 4.78 is 5.50. The van der Waals surface area contributed by atoms with Crippen molar-refractivity contribution in [2.45, 2.75) is 45.7 Å². The zero-order valence-electron chi connectivity index (χ0n) is 16.6. The molecule has 3 heterocycles. The minimum Gasteiger partial charge on any atom is -0.381 e. The highest BCUT2D eigenvalue weighted by molar-refractivity contribution is 14.0. The fourth-order valence-corrected chi connectivity index (χ4v) is 3.70. The molecule has 0 amide bonds. The van der Waals surface area contributed by atoms with Gasteiger partial charge in [0.2, 0.25) is 0 Å². The smallest absolute Gasteiger partial charge is 0.191 e. The molecule has 0 spiro atoms. The predicted octanol–water partition coefficient (Wildman–Crippen LogP) is 2.56. The SMILES string of the molecule is CCNC(=NCc1ncccc1C)NC1CCN(CC2CCOC2)CC1.I. The van der Waals surface area contributed by atoms with E-state index in [2.05, 4.69) is 40.4 Å². The molecular formula is C20H34IN5O. The van der Waals surface area contributed by atoms with Gasteiger partial charge in [0.25, 0.3) is 0 Å². The molecule has 0 aromatic carbocycles. The largest absolute Gasteiger partial charge is 0.381 e. The minimum absolute atomic E-state index is 0. The Morgan fingerprint density at radius 1 is 1.33 bits per heavy atom. The van der Waals surface area contributed by atoms with Gasteiger partial charge in [0, 0.05) is 45.0 Å². The summed E-state index contributed by atoms with van der Waals surface area (Å²) in [6, 6.07) is 4.55. The van der Waals surface area contributed by atoms with Crippen LogP contribution in [0.1, 0.15) is 37.4 Å². The Labute approximate surface area is 180 Å². The van der Waals surface area contributed by atoms with Crippen LogP contribution in [0.2, 0.25) is 0 Å². The predicted molar refractivity (Wildman–Crippen MR) is 121 cm³/mol. The average molecular weight is 487 g/mol. The fourth-order valence-electron chi connectivity index (χ4n) is 3.70. The fraction of sp³-hybridized carbons (Fsp3) is 0.700. The maximum absolute atomic E-state index is 5.50. The zero-order chi connectivity index (χ0) is 18.2. The molecule has 0 bridgehead atoms. The highest BCUT2D eigenvalue weighted by Crippen LogP contribution is 2.17. The van der Waals surface area contributed by atoms with Gasteiger partial charge in [-0.05, 0) is 50.7 Å². The first-order valence-electron chi connectivity index (χ1n) is 10.00. The summed E-state index contributed by atoms with van der Waals surface area (Å²) in [5.74, 6) is 1.64. The number of nitrogens with one attached hydrogen (secondary N) is 2. The Bertz CT molecular complexity index is 583. The molecule has 1 unspecified atom stereocenters. The standard InChI is InChI=1S/C20H33N5O.HI/c1-3-21-20(23-13-19-16(2)5-4-9-22-19)24-18-6-10-25(11-7-18)14-17-8-12-26-15-17;/h4-5,9,17-18H,3,6-8,10-15H2,1-2H3,(H2,21,23,24);1H. The van der Waals surface area contributed by atoms with Crippen LogP contribution in [0.15, 0.2) is 23.3 Å². The van der Waals surface area contributed by atoms with Crippen LogP contribution in [-0.4, -0.2) is 61.3 Å². The van der Waals surface area contributed by atoms with Crippen molar-refractivity contribution in [3.05, 3.63) is 29.6 Å². The summed E-state index contributed by atoms with van der Waals surface area (Å²) in [5.41, 5.74) is 2.23. The number of aliphatic imine (C=N–C) groups is 1. The molecule has 1 aromatic rings. The van der Waals surface area contributed by atoms with Gasteiger partial charge in [-0.3, -0.25) is 4.98 Å². The Kier molecular flexibility index (Phi) is 9.78. The number of aryl methyl sites for hydroxylation is 1. The molecule has 0 aliphatic carbocycles. The van der Waals surface area contributed by atoms with Gasteiger partial charge in [-0.15, -0.1) is 24.0 Å². The number of likely N-dealkylation sites (tertiary alicyclic amines) is 1. The van der Waals surface area contributed by atoms with Gasteiger partial charge in [0.1, 0.15) is 0 Å². The van der Waals surface area contributed by atoms with Crippen molar-refractivity contribution >= 4 is 29.9 Å². The van der Waals surface area contributed by atoms with Gasteiger partial charge < -0.3 is 20.3 Å². The van der Waals surface area contributed by atoms with Gasteiger partial charge in [-0.2, -0.15) is 0 Å². The van der Waals surface area contributed by atoms with Gasteiger partial charge in [0.15, 0.2) is 5.96 Å². The number of rotatable bonds is 6. The van der Waals surface area contributed by atoms with Gasteiger partial charge >= 0.3 is 0 Å². The number of nitrogens with zero attached hydrogens (tertiary/aromatic N) is 3. The number of hydrogen-bond donors (Lipinski definition) is 2. The molecule has 1 atom stereocenters. The third kappa shape index (κ3) is 7.19. The summed E-state index contributed by atoms with van der Waals surface area (Å²) in [7, 11) is 0. The molecule has 1 aromatic heterocycles. The highest BCUT2D eigenvalue weighted by Gasteiger charge is 2.24. The summed E-state index contributed by atoms with van der Waals surface area (Å²) in [4.78, 5) is 11.8. The molecule has 0 saturated carbocycles. The molecule has 27 heavy (non-hydrogen) atoms. The summed E-state index contributed by atoms with van der Waals surface area (Å²) >= 11 is 0. The lowest BCUT2D eigenvalue weighted by atomic mass is 10.0. The van der Waals surface area contributed by atoms with Crippen LogP contribution < -0.4 is 10.6 Å². The number of aromatic nitrogens is 1. The van der Waals surface area contributed by atoms with E-state index in [9.17, 15) is 0 Å². The van der Waals surface area contributed by atoms with Crippen molar-refractivity contribution in [1.82, 2.24) is 20.5 Å². The first-order valence-corrected chi connectivity index (χ1v) is 10.00. The van der Waals surface area contributed by atoms with Gasteiger partial charge in [-0.25, -0.2) is 4.99 Å². The Morgan fingerprint density at radius 3 is 2.81 bits per heavy atom. The molecule has 2 aliphatic heterocycles. The second kappa shape index (κ2) is 11.8. The average Bonchev–Trinajstić information content (AvgIpc) is 3.16. The van der Waals surface area contributed by atoms with E-state index in [1.54, 1.807) is 0 Å². The quantitative estimate of drug-likeness (QED) is 0.367. The monoisotopic (exact) mass is 487 g/mol. The van der Waals surface area contributed by atoms with E-state index in [1.807, 2.05) is 12.3 Å². The van der Waals surface area contributed by atoms with Crippen LogP contribution in [0.25, 0.3) is 0 Å². The van der Waals surface area contributed by atoms with Crippen LogP contribution in [0, 0.1) is 12.8 Å². The van der Waals surface area contributed by atoms with Crippen LogP contribution in [-0.2, 0) is 11.3 Å². The van der Waals surface area contributed by atoms with Crippen molar-refractivity contribution in [1.29, 1.82) is 0 Å². The number of pyridine rings is 1. The maximum Gasteiger partial charge on any atom is 0.191 e. The third-order valence-electron chi connectivity index (χ3n) is 5.32. The number of ether oxygens (including phenoxy) is 1. The van der Waals surface area contributed by atoms with Crippen molar-refractivity contribution in [3.63, 3.8) is 0 Å². The Morgan fingerprint density at radius 2 is 2.15 bits per heavy atom. The van der Waals surface area contributed by atoms with Crippen molar-refractivity contribution in [2.75, 3.05) is 39.4 Å². The maximum atomic E-state index is 5.50. The molecule has 0 radical (unpaired) electrons. The van der Waals surface area contributed by atoms with E-state index in [-0.39, 0.29) is 24.0 Å². The van der Waals surface area contributed by atoms with Crippen molar-refractivity contribution < 1.29 is 4.74 Å². The molecular weight excluding hydrogens is 453 g/mol. The highest BCUT2D eigenvalue weighted by atomic mass is 127. The summed E-state index contributed by atoms with van der Waals surface area (Å²) in [5, 5.41) is 6.99. The van der Waals surface area contributed by atoms with Crippen LogP contribution in [0.4, 0.5) is 0 Å². The first-order chi connectivity index (χ1) is 12.7. The second-order valence-electron chi connectivity index (χ2n) is 7.41. The molecule has 2 saturated heterocycles. The van der Waals surface area contributed by atoms with E-state index in [0.717, 1.165) is 50.4 Å². The summed E-state index contributed by atoms with van der Waals surface area (Å²) in [6.45, 7) is 11.1. The zero-order valence-corrected chi connectivity index (χ0v) is 18.9.